The summed E-state index contributed by atoms with van der Waals surface area (Å²) in [6.45, 7) is 1.97. The summed E-state index contributed by atoms with van der Waals surface area (Å²) < 4.78 is 0. The zero-order valence-electron chi connectivity index (χ0n) is 11.7. The van der Waals surface area contributed by atoms with Crippen molar-refractivity contribution in [2.24, 2.45) is 0 Å². The van der Waals surface area contributed by atoms with E-state index in [1.165, 1.54) is 6.08 Å². The number of rotatable bonds is 3. The van der Waals surface area contributed by atoms with Gasteiger partial charge in [-0.25, -0.2) is 0 Å². The molecule has 2 rings (SSSR count). The van der Waals surface area contributed by atoms with Crippen LogP contribution in [0, 0.1) is 6.92 Å². The van der Waals surface area contributed by atoms with Gasteiger partial charge in [0.2, 0.25) is 0 Å². The third-order valence-corrected chi connectivity index (χ3v) is 2.92. The van der Waals surface area contributed by atoms with Gasteiger partial charge in [0.15, 0.2) is 0 Å². The van der Waals surface area contributed by atoms with E-state index < -0.39 is 17.7 Å². The summed E-state index contributed by atoms with van der Waals surface area (Å²) in [4.78, 5) is 34.2. The molecule has 3 amide bonds. The molecule has 3 N–H and O–H groups in total. The maximum atomic E-state index is 11.5. The van der Waals surface area contributed by atoms with Crippen LogP contribution >= 0.6 is 0 Å². The Kier molecular flexibility index (Phi) is 4.71. The predicted octanol–water partition coefficient (Wildman–Crippen LogP) is 0.434. The lowest BCUT2D eigenvalue weighted by molar-refractivity contribution is -0.140. The third kappa shape index (κ3) is 5.10. The van der Waals surface area contributed by atoms with Crippen molar-refractivity contribution < 1.29 is 14.4 Å². The number of hydrogen-bond donors (Lipinski definition) is 3. The molecule has 1 aromatic rings. The molecule has 1 saturated carbocycles. The third-order valence-electron chi connectivity index (χ3n) is 2.92. The Bertz CT molecular complexity index is 574. The van der Waals surface area contributed by atoms with Gasteiger partial charge < -0.3 is 5.32 Å². The molecule has 0 aliphatic heterocycles. The van der Waals surface area contributed by atoms with E-state index in [1.807, 2.05) is 31.2 Å². The topological polar surface area (TPSA) is 87.3 Å². The van der Waals surface area contributed by atoms with Gasteiger partial charge in [-0.1, -0.05) is 29.8 Å². The van der Waals surface area contributed by atoms with E-state index in [1.54, 1.807) is 6.08 Å². The average Bonchev–Trinajstić information content (AvgIpc) is 3.28. The first kappa shape index (κ1) is 14.8. The number of benzene rings is 1. The van der Waals surface area contributed by atoms with Crippen LogP contribution in [0.1, 0.15) is 24.0 Å². The standard InChI is InChI=1S/C15H17N3O3/c1-10-2-4-11(5-3-10)6-9-13(19)17-18-15(21)14(20)16-12-7-8-12/h2-6,9,12H,7-8H2,1H3,(H,16,20)(H,17,19)(H,18,21)/b9-6+. The monoisotopic (exact) mass is 287 g/mol. The molecule has 0 saturated heterocycles. The van der Waals surface area contributed by atoms with Crippen molar-refractivity contribution in [3.05, 3.63) is 41.5 Å². The van der Waals surface area contributed by atoms with Gasteiger partial charge in [-0.3, -0.25) is 25.2 Å². The maximum Gasteiger partial charge on any atom is 0.327 e. The highest BCUT2D eigenvalue weighted by Gasteiger charge is 2.26. The molecule has 0 unspecified atom stereocenters. The fourth-order valence-corrected chi connectivity index (χ4v) is 1.54. The van der Waals surface area contributed by atoms with Crippen molar-refractivity contribution in [3.63, 3.8) is 0 Å². The summed E-state index contributed by atoms with van der Waals surface area (Å²) in [5.41, 5.74) is 6.21. The Morgan fingerprint density at radius 1 is 1.05 bits per heavy atom. The lowest BCUT2D eigenvalue weighted by Gasteiger charge is -2.05. The molecule has 0 atom stereocenters. The van der Waals surface area contributed by atoms with Gasteiger partial charge in [-0.05, 0) is 31.4 Å². The summed E-state index contributed by atoms with van der Waals surface area (Å²) >= 11 is 0. The Balaban J connectivity index is 1.74. The van der Waals surface area contributed by atoms with Gasteiger partial charge in [-0.2, -0.15) is 0 Å². The lowest BCUT2D eigenvalue weighted by Crippen LogP contribution is -2.48. The molecule has 0 heterocycles. The van der Waals surface area contributed by atoms with Crippen LogP contribution in [0.2, 0.25) is 0 Å². The minimum absolute atomic E-state index is 0.0976. The summed E-state index contributed by atoms with van der Waals surface area (Å²) in [6, 6.07) is 7.71. The lowest BCUT2D eigenvalue weighted by atomic mass is 10.1. The molecule has 0 radical (unpaired) electrons. The van der Waals surface area contributed by atoms with E-state index >= 15 is 0 Å². The minimum atomic E-state index is -0.876. The maximum absolute atomic E-state index is 11.5. The molecular weight excluding hydrogens is 270 g/mol. The number of nitrogens with one attached hydrogen (secondary N) is 3. The predicted molar refractivity (Wildman–Crippen MR) is 77.7 cm³/mol. The number of amides is 3. The van der Waals surface area contributed by atoms with E-state index in [4.69, 9.17) is 0 Å². The van der Waals surface area contributed by atoms with Gasteiger partial charge in [0.05, 0.1) is 0 Å². The van der Waals surface area contributed by atoms with Crippen molar-refractivity contribution in [1.29, 1.82) is 0 Å². The van der Waals surface area contributed by atoms with E-state index in [-0.39, 0.29) is 6.04 Å². The second-order valence-electron chi connectivity index (χ2n) is 4.94. The van der Waals surface area contributed by atoms with Crippen molar-refractivity contribution in [2.75, 3.05) is 0 Å². The highest BCUT2D eigenvalue weighted by Crippen LogP contribution is 2.18. The number of aryl methyl sites for hydroxylation is 1. The van der Waals surface area contributed by atoms with E-state index in [2.05, 4.69) is 16.2 Å². The second kappa shape index (κ2) is 6.69. The molecule has 0 aromatic heterocycles. The first-order valence-corrected chi connectivity index (χ1v) is 6.70. The zero-order valence-corrected chi connectivity index (χ0v) is 11.7. The van der Waals surface area contributed by atoms with Crippen molar-refractivity contribution in [3.8, 4) is 0 Å². The normalized spacial score (nSPS) is 13.8. The SMILES string of the molecule is Cc1ccc(/C=C/C(=O)NNC(=O)C(=O)NC2CC2)cc1. The van der Waals surface area contributed by atoms with Crippen LogP contribution in [-0.2, 0) is 14.4 Å². The Hall–Kier alpha value is -2.63. The fourth-order valence-electron chi connectivity index (χ4n) is 1.54. The zero-order chi connectivity index (χ0) is 15.2. The number of hydrogen-bond acceptors (Lipinski definition) is 3. The average molecular weight is 287 g/mol. The molecule has 0 bridgehead atoms. The first-order valence-electron chi connectivity index (χ1n) is 6.70. The quantitative estimate of drug-likeness (QED) is 0.428. The smallest absolute Gasteiger partial charge is 0.327 e. The van der Waals surface area contributed by atoms with Gasteiger partial charge in [0.1, 0.15) is 0 Å². The van der Waals surface area contributed by atoms with Gasteiger partial charge in [0, 0.05) is 12.1 Å². The molecule has 1 aliphatic carbocycles. The van der Waals surface area contributed by atoms with Crippen molar-refractivity contribution >= 4 is 23.8 Å². The van der Waals surface area contributed by atoms with Crippen LogP contribution in [0.15, 0.2) is 30.3 Å². The van der Waals surface area contributed by atoms with Crippen LogP contribution in [0.25, 0.3) is 6.08 Å². The second-order valence-corrected chi connectivity index (χ2v) is 4.94. The largest absolute Gasteiger partial charge is 0.345 e. The summed E-state index contributed by atoms with van der Waals surface area (Å²) in [5, 5.41) is 2.52. The Labute approximate surface area is 122 Å². The van der Waals surface area contributed by atoms with Crippen LogP contribution in [-0.4, -0.2) is 23.8 Å². The number of hydrazine groups is 1. The van der Waals surface area contributed by atoms with Crippen LogP contribution < -0.4 is 16.2 Å². The van der Waals surface area contributed by atoms with E-state index in [9.17, 15) is 14.4 Å². The van der Waals surface area contributed by atoms with Crippen molar-refractivity contribution in [1.82, 2.24) is 16.2 Å². The number of carbonyl (C=O) groups is 3. The van der Waals surface area contributed by atoms with E-state index in [0.29, 0.717) is 0 Å². The minimum Gasteiger partial charge on any atom is -0.345 e. The summed E-state index contributed by atoms with van der Waals surface area (Å²) in [6.07, 6.45) is 4.68. The summed E-state index contributed by atoms with van der Waals surface area (Å²) in [5.74, 6) is -2.12. The molecule has 1 aliphatic rings. The first-order chi connectivity index (χ1) is 10.0. The van der Waals surface area contributed by atoms with Crippen LogP contribution in [0.3, 0.4) is 0 Å². The van der Waals surface area contributed by atoms with Gasteiger partial charge >= 0.3 is 11.8 Å². The molecule has 6 nitrogen and oxygen atoms in total. The molecule has 110 valence electrons. The molecule has 1 aromatic carbocycles. The van der Waals surface area contributed by atoms with Gasteiger partial charge in [-0.15, -0.1) is 0 Å². The Morgan fingerprint density at radius 3 is 2.33 bits per heavy atom. The highest BCUT2D eigenvalue weighted by molar-refractivity contribution is 6.35. The summed E-state index contributed by atoms with van der Waals surface area (Å²) in [7, 11) is 0. The van der Waals surface area contributed by atoms with E-state index in [0.717, 1.165) is 24.0 Å². The van der Waals surface area contributed by atoms with Crippen molar-refractivity contribution in [2.45, 2.75) is 25.8 Å². The van der Waals surface area contributed by atoms with Crippen LogP contribution in [0.5, 0.6) is 0 Å². The fraction of sp³-hybridized carbons (Fsp3) is 0.267. The molecule has 1 fully saturated rings. The van der Waals surface area contributed by atoms with Crippen LogP contribution in [0.4, 0.5) is 0 Å². The number of carbonyl (C=O) groups excluding carboxylic acids is 3. The van der Waals surface area contributed by atoms with Gasteiger partial charge in [0.25, 0.3) is 5.91 Å². The highest BCUT2D eigenvalue weighted by atomic mass is 16.2. The molecule has 6 heteroatoms. The molecule has 21 heavy (non-hydrogen) atoms. The molecular formula is C15H17N3O3. The molecule has 0 spiro atoms. The Morgan fingerprint density at radius 2 is 1.71 bits per heavy atom.